The van der Waals surface area contributed by atoms with Gasteiger partial charge < -0.3 is 20.1 Å². The first kappa shape index (κ1) is 21.2. The Morgan fingerprint density at radius 2 is 1.07 bits per heavy atom. The van der Waals surface area contributed by atoms with E-state index in [0.717, 1.165) is 32.7 Å². The van der Waals surface area contributed by atoms with Crippen molar-refractivity contribution in [1.82, 2.24) is 0 Å². The molecule has 30 heavy (non-hydrogen) atoms. The normalized spacial score (nSPS) is 15.3. The predicted molar refractivity (Wildman–Crippen MR) is 102 cm³/mol. The minimum absolute atomic E-state index is 0.163. The van der Waals surface area contributed by atoms with Crippen molar-refractivity contribution < 1.29 is 35.8 Å². The number of benzene rings is 2. The maximum atomic E-state index is 12.8. The van der Waals surface area contributed by atoms with E-state index in [9.17, 15) is 26.3 Å². The van der Waals surface area contributed by atoms with Crippen LogP contribution in [0.1, 0.15) is 11.1 Å². The van der Waals surface area contributed by atoms with Crippen molar-refractivity contribution in [3.05, 3.63) is 35.4 Å². The Kier molecular flexibility index (Phi) is 5.56. The van der Waals surface area contributed by atoms with Crippen LogP contribution in [0.25, 0.3) is 0 Å². The Hall–Kier alpha value is -2.08. The molecule has 0 fully saturated rings. The molecule has 12 heteroatoms. The third-order valence-electron chi connectivity index (χ3n) is 4.43. The zero-order chi connectivity index (χ0) is 21.5. The molecule has 2 aromatic carbocycles. The Labute approximate surface area is 175 Å². The number of anilines is 2. The fourth-order valence-corrected chi connectivity index (χ4v) is 5.49. The van der Waals surface area contributed by atoms with E-state index in [0.29, 0.717) is 37.3 Å². The number of ether oxygens (including phenoxy) is 2. The lowest BCUT2D eigenvalue weighted by Gasteiger charge is -2.17. The van der Waals surface area contributed by atoms with Crippen LogP contribution in [0.4, 0.5) is 37.7 Å². The molecule has 2 aliphatic heterocycles. The van der Waals surface area contributed by atoms with Crippen LogP contribution in [-0.2, 0) is 12.8 Å². The van der Waals surface area contributed by atoms with Crippen molar-refractivity contribution in [2.75, 3.05) is 23.7 Å². The number of hydrogen-bond donors (Lipinski definition) is 2. The highest BCUT2D eigenvalue weighted by molar-refractivity contribution is 8.76. The van der Waals surface area contributed by atoms with Crippen molar-refractivity contribution in [1.29, 1.82) is 0 Å². The first-order valence-corrected chi connectivity index (χ1v) is 10.9. The van der Waals surface area contributed by atoms with Crippen LogP contribution in [0, 0.1) is 0 Å². The van der Waals surface area contributed by atoms with Gasteiger partial charge in [0.1, 0.15) is 11.5 Å². The molecule has 162 valence electrons. The summed E-state index contributed by atoms with van der Waals surface area (Å²) in [6, 6.07) is 5.65. The van der Waals surface area contributed by atoms with E-state index in [1.807, 2.05) is 0 Å². The second-order valence-corrected chi connectivity index (χ2v) is 8.74. The van der Waals surface area contributed by atoms with Gasteiger partial charge in [-0.2, -0.15) is 0 Å². The molecule has 0 aliphatic carbocycles. The lowest BCUT2D eigenvalue weighted by atomic mass is 10.1. The highest BCUT2D eigenvalue weighted by Crippen LogP contribution is 2.49. The van der Waals surface area contributed by atoms with E-state index in [1.165, 1.54) is 12.1 Å². The average Bonchev–Trinajstić information content (AvgIpc) is 3.24. The summed E-state index contributed by atoms with van der Waals surface area (Å²) in [5.74, 6) is -0.816. The Balaban J connectivity index is 1.63. The average molecular weight is 468 g/mol. The zero-order valence-electron chi connectivity index (χ0n) is 15.0. The van der Waals surface area contributed by atoms with Gasteiger partial charge in [-0.3, -0.25) is 0 Å². The van der Waals surface area contributed by atoms with E-state index in [4.69, 9.17) is 0 Å². The first-order chi connectivity index (χ1) is 14.1. The van der Waals surface area contributed by atoms with E-state index in [1.54, 1.807) is 12.1 Å². The van der Waals surface area contributed by atoms with Crippen LogP contribution < -0.4 is 20.1 Å². The summed E-state index contributed by atoms with van der Waals surface area (Å²) in [5, 5.41) is 5.95. The molecule has 0 radical (unpaired) electrons. The van der Waals surface area contributed by atoms with Crippen LogP contribution in [0.3, 0.4) is 0 Å². The fraction of sp³-hybridized carbons (Fsp3) is 0.333. The van der Waals surface area contributed by atoms with Gasteiger partial charge in [-0.05, 0) is 57.7 Å². The maximum absolute atomic E-state index is 12.8. The monoisotopic (exact) mass is 468 g/mol. The van der Waals surface area contributed by atoms with E-state index in [2.05, 4.69) is 20.1 Å². The second-order valence-electron chi connectivity index (χ2n) is 6.53. The minimum Gasteiger partial charge on any atom is -0.404 e. The number of alkyl halides is 6. The van der Waals surface area contributed by atoms with Crippen molar-refractivity contribution >= 4 is 33.0 Å². The number of nitrogens with one attached hydrogen (secondary N) is 2. The molecule has 0 amide bonds. The number of fused-ring (bicyclic) bond motifs is 2. The topological polar surface area (TPSA) is 42.5 Å². The summed E-state index contributed by atoms with van der Waals surface area (Å²) in [6.07, 6.45) is -8.52. The molecule has 0 atom stereocenters. The van der Waals surface area contributed by atoms with Crippen LogP contribution in [0.5, 0.6) is 11.5 Å². The van der Waals surface area contributed by atoms with Gasteiger partial charge in [0.25, 0.3) is 0 Å². The summed E-state index contributed by atoms with van der Waals surface area (Å²) in [7, 11) is 1.78. The van der Waals surface area contributed by atoms with Gasteiger partial charge in [-0.1, -0.05) is 0 Å². The molecule has 4 rings (SSSR count). The van der Waals surface area contributed by atoms with Crippen molar-refractivity contribution in [2.24, 2.45) is 0 Å². The lowest BCUT2D eigenvalue weighted by Crippen LogP contribution is -2.18. The van der Waals surface area contributed by atoms with E-state index < -0.39 is 24.2 Å². The minimum atomic E-state index is -4.89. The standard InChI is InChI=1S/C18H14F6N2O2S2/c19-17(20,21)27-13-7-11-9(1-3-25-11)5-15(13)29-30-16-6-10-2-4-26-12(10)8-14(16)28-18(22,23)24/h5-8,25-26H,1-4H2. The number of halogens is 6. The molecule has 4 nitrogen and oxygen atoms in total. The van der Waals surface area contributed by atoms with Gasteiger partial charge >= 0.3 is 12.7 Å². The molecule has 0 saturated heterocycles. The van der Waals surface area contributed by atoms with Crippen LogP contribution in [0.2, 0.25) is 0 Å². The molecular weight excluding hydrogens is 454 g/mol. The molecule has 2 heterocycles. The second kappa shape index (κ2) is 7.88. The van der Waals surface area contributed by atoms with Crippen molar-refractivity contribution in [3.8, 4) is 11.5 Å². The van der Waals surface area contributed by atoms with Gasteiger partial charge in [-0.25, -0.2) is 0 Å². The van der Waals surface area contributed by atoms with Crippen LogP contribution >= 0.6 is 21.6 Å². The number of hydrogen-bond acceptors (Lipinski definition) is 6. The summed E-state index contributed by atoms with van der Waals surface area (Å²) in [6.45, 7) is 1.17. The van der Waals surface area contributed by atoms with E-state index >= 15 is 0 Å². The smallest absolute Gasteiger partial charge is 0.404 e. The summed E-state index contributed by atoms with van der Waals surface area (Å²) in [5.41, 5.74) is 2.73. The van der Waals surface area contributed by atoms with Crippen molar-refractivity contribution in [2.45, 2.75) is 35.4 Å². The molecule has 0 bridgehead atoms. The largest absolute Gasteiger partial charge is 0.573 e. The van der Waals surface area contributed by atoms with Gasteiger partial charge in [0.05, 0.1) is 9.79 Å². The molecule has 0 aromatic heterocycles. The summed E-state index contributed by atoms with van der Waals surface area (Å²) in [4.78, 5) is 0.327. The third-order valence-corrected chi connectivity index (χ3v) is 6.84. The molecule has 2 aliphatic rings. The van der Waals surface area contributed by atoms with Crippen LogP contribution in [0.15, 0.2) is 34.1 Å². The fourth-order valence-electron chi connectivity index (χ4n) is 3.24. The van der Waals surface area contributed by atoms with Gasteiger partial charge in [0, 0.05) is 36.6 Å². The SMILES string of the molecule is FC(F)(F)Oc1cc2c(cc1SSc1cc3c(cc1OC(F)(F)F)NCC3)CCN2. The first-order valence-electron chi connectivity index (χ1n) is 8.75. The van der Waals surface area contributed by atoms with E-state index in [-0.39, 0.29) is 9.79 Å². The van der Waals surface area contributed by atoms with Crippen molar-refractivity contribution in [3.63, 3.8) is 0 Å². The zero-order valence-corrected chi connectivity index (χ0v) is 16.7. The Morgan fingerprint density at radius 3 is 1.43 bits per heavy atom. The molecular formula is C18H14F6N2O2S2. The van der Waals surface area contributed by atoms with Gasteiger partial charge in [0.15, 0.2) is 0 Å². The summed E-state index contributed by atoms with van der Waals surface area (Å²) >= 11 is 0. The molecule has 0 unspecified atom stereocenters. The Morgan fingerprint density at radius 1 is 0.667 bits per heavy atom. The third kappa shape index (κ3) is 4.97. The van der Waals surface area contributed by atoms with Gasteiger partial charge in [-0.15, -0.1) is 26.3 Å². The highest BCUT2D eigenvalue weighted by atomic mass is 33.1. The van der Waals surface area contributed by atoms with Gasteiger partial charge in [0.2, 0.25) is 0 Å². The molecule has 0 saturated carbocycles. The predicted octanol–water partition coefficient (Wildman–Crippen LogP) is 6.22. The summed E-state index contributed by atoms with van der Waals surface area (Å²) < 4.78 is 85.2. The lowest BCUT2D eigenvalue weighted by molar-refractivity contribution is -0.276. The highest BCUT2D eigenvalue weighted by Gasteiger charge is 2.34. The quantitative estimate of drug-likeness (QED) is 0.401. The molecule has 2 N–H and O–H groups in total. The molecule has 2 aromatic rings. The molecule has 0 spiro atoms. The van der Waals surface area contributed by atoms with Crippen LogP contribution in [-0.4, -0.2) is 25.8 Å². The maximum Gasteiger partial charge on any atom is 0.573 e. The number of rotatable bonds is 5. The Bertz CT molecular complexity index is 888.